The van der Waals surface area contributed by atoms with Crippen molar-refractivity contribution in [1.29, 1.82) is 5.26 Å². The summed E-state index contributed by atoms with van der Waals surface area (Å²) in [6, 6.07) is 34.7. The van der Waals surface area contributed by atoms with E-state index in [1.54, 1.807) is 59.5 Å². The van der Waals surface area contributed by atoms with E-state index in [4.69, 9.17) is 4.74 Å². The highest BCUT2D eigenvalue weighted by molar-refractivity contribution is 9.10. The predicted molar refractivity (Wildman–Crippen MR) is 224 cm³/mol. The first-order chi connectivity index (χ1) is 26.9. The maximum absolute atomic E-state index is 14.2. The molecule has 6 rings (SSSR count). The molecule has 0 bridgehead atoms. The van der Waals surface area contributed by atoms with Gasteiger partial charge in [-0.05, 0) is 92.4 Å². The second-order valence-electron chi connectivity index (χ2n) is 13.8. The third kappa shape index (κ3) is 10.3. The van der Waals surface area contributed by atoms with Gasteiger partial charge in [-0.2, -0.15) is 5.26 Å². The molecule has 3 N–H and O–H groups in total. The molecule has 0 aliphatic carbocycles. The largest absolute Gasteiger partial charge is 0.444 e. The third-order valence-corrected chi connectivity index (χ3v) is 11.3. The van der Waals surface area contributed by atoms with Crippen molar-refractivity contribution in [2.24, 2.45) is 0 Å². The Kier molecular flexibility index (Phi) is 12.7. The number of nitrogens with one attached hydrogen (secondary N) is 3. The molecule has 0 saturated heterocycles. The van der Waals surface area contributed by atoms with Gasteiger partial charge in [-0.3, -0.25) is 14.4 Å². The van der Waals surface area contributed by atoms with Gasteiger partial charge in [0.05, 0.1) is 12.1 Å². The van der Waals surface area contributed by atoms with Gasteiger partial charge < -0.3 is 25.6 Å². The molecule has 1 unspecified atom stereocenters. The molecule has 1 aliphatic rings. The highest BCUT2D eigenvalue weighted by Crippen LogP contribution is 2.41. The van der Waals surface area contributed by atoms with Crippen LogP contribution in [0.25, 0.3) is 6.08 Å². The third-order valence-electron chi connectivity index (χ3n) is 8.43. The summed E-state index contributed by atoms with van der Waals surface area (Å²) in [5, 5.41) is 18.6. The first kappa shape index (κ1) is 40.0. The number of thioether (sulfide) groups is 1. The van der Waals surface area contributed by atoms with E-state index in [0.717, 1.165) is 20.5 Å². The number of ether oxygens (including phenoxy) is 1. The summed E-state index contributed by atoms with van der Waals surface area (Å²) in [7, 11) is 0. The minimum absolute atomic E-state index is 0.0395. The summed E-state index contributed by atoms with van der Waals surface area (Å²) < 4.78 is 6.38. The molecule has 0 fully saturated rings. The average molecular weight is 849 g/mol. The van der Waals surface area contributed by atoms with Crippen LogP contribution in [0.15, 0.2) is 124 Å². The number of benzene rings is 4. The van der Waals surface area contributed by atoms with Gasteiger partial charge in [-0.25, -0.2) is 4.79 Å². The van der Waals surface area contributed by atoms with Crippen molar-refractivity contribution in [1.82, 2.24) is 10.2 Å². The van der Waals surface area contributed by atoms with Crippen LogP contribution in [0.5, 0.6) is 0 Å². The molecule has 56 heavy (non-hydrogen) atoms. The summed E-state index contributed by atoms with van der Waals surface area (Å²) in [5.74, 6) is -1.31. The minimum Gasteiger partial charge on any atom is -0.444 e. The van der Waals surface area contributed by atoms with Crippen LogP contribution in [0.3, 0.4) is 0 Å². The average Bonchev–Trinajstić information content (AvgIpc) is 3.52. The minimum atomic E-state index is -0.733. The van der Waals surface area contributed by atoms with E-state index in [9.17, 15) is 24.4 Å². The molecule has 5 aromatic rings. The Morgan fingerprint density at radius 1 is 0.929 bits per heavy atom. The van der Waals surface area contributed by atoms with Crippen LogP contribution in [0.1, 0.15) is 63.5 Å². The van der Waals surface area contributed by atoms with Crippen molar-refractivity contribution in [2.75, 3.05) is 17.2 Å². The smallest absolute Gasteiger partial charge is 0.410 e. The number of anilines is 2. The topological polar surface area (TPSA) is 141 Å². The maximum atomic E-state index is 14.2. The number of hydrogen-bond donors (Lipinski definition) is 3. The summed E-state index contributed by atoms with van der Waals surface area (Å²) in [6.45, 7) is 6.13. The molecule has 4 aromatic carbocycles. The lowest BCUT2D eigenvalue weighted by molar-refractivity contribution is -0.116. The highest BCUT2D eigenvalue weighted by atomic mass is 79.9. The standard InChI is InChI=1S/C43H38BrN5O5S2/c1-43(2,3)54-42(53)49-21-20-33-34(25-45)41(56-36(33)26-49)48-40(52)37(28-13-6-4-7-14-28)55-32-19-11-18-31(24-32)46-39(51)35(23-27-12-10-17-30(44)22-27)47-38(50)29-15-8-5-9-16-29/h4-19,22-24,37H,20-21,26H2,1-3H3,(H,46,51)(H,47,50)(H,48,52)/b35-23+. The molecular weight excluding hydrogens is 811 g/mol. The zero-order valence-electron chi connectivity index (χ0n) is 30.8. The number of carbonyl (C=O) groups is 4. The fourth-order valence-electron chi connectivity index (χ4n) is 5.86. The van der Waals surface area contributed by atoms with Gasteiger partial charge in [0.25, 0.3) is 11.8 Å². The van der Waals surface area contributed by atoms with Gasteiger partial charge in [-0.15, -0.1) is 23.1 Å². The normalized spacial score (nSPS) is 13.1. The van der Waals surface area contributed by atoms with Crippen LogP contribution in [-0.4, -0.2) is 40.9 Å². The maximum Gasteiger partial charge on any atom is 0.410 e. The van der Waals surface area contributed by atoms with Crippen molar-refractivity contribution in [3.05, 3.63) is 152 Å². The Morgan fingerprint density at radius 3 is 2.34 bits per heavy atom. The summed E-state index contributed by atoms with van der Waals surface area (Å²) >= 11 is 6.04. The lowest BCUT2D eigenvalue weighted by atomic mass is 10.0. The molecule has 2 heterocycles. The molecule has 0 saturated carbocycles. The van der Waals surface area contributed by atoms with Crippen LogP contribution < -0.4 is 16.0 Å². The number of rotatable bonds is 10. The molecule has 13 heteroatoms. The number of fused-ring (bicyclic) bond motifs is 1. The van der Waals surface area contributed by atoms with Crippen LogP contribution >= 0.6 is 39.0 Å². The molecule has 10 nitrogen and oxygen atoms in total. The first-order valence-electron chi connectivity index (χ1n) is 17.7. The molecule has 1 aliphatic heterocycles. The van der Waals surface area contributed by atoms with Gasteiger partial charge in [0.15, 0.2) is 0 Å². The highest BCUT2D eigenvalue weighted by Gasteiger charge is 2.31. The first-order valence-corrected chi connectivity index (χ1v) is 20.2. The number of hydrogen-bond acceptors (Lipinski definition) is 8. The monoisotopic (exact) mass is 847 g/mol. The Balaban J connectivity index is 1.22. The van der Waals surface area contributed by atoms with E-state index in [-0.39, 0.29) is 18.1 Å². The van der Waals surface area contributed by atoms with E-state index in [1.807, 2.05) is 81.4 Å². The van der Waals surface area contributed by atoms with Gasteiger partial charge in [-0.1, -0.05) is 82.7 Å². The Labute approximate surface area is 342 Å². The SMILES string of the molecule is CC(C)(C)OC(=O)N1CCc2c(sc(NC(=O)C(Sc3cccc(NC(=O)/C(=C\c4cccc(Br)c4)NC(=O)c4ccccc4)c3)c3ccccc3)c2C#N)C1. The van der Waals surface area contributed by atoms with Crippen molar-refractivity contribution in [3.63, 3.8) is 0 Å². The summed E-state index contributed by atoms with van der Waals surface area (Å²) in [6.07, 6.45) is 1.64. The molecule has 1 aromatic heterocycles. The van der Waals surface area contributed by atoms with E-state index >= 15 is 0 Å². The number of nitriles is 1. The number of halogens is 1. The van der Waals surface area contributed by atoms with Crippen molar-refractivity contribution >= 4 is 79.6 Å². The van der Waals surface area contributed by atoms with Crippen LogP contribution in [-0.2, 0) is 27.3 Å². The number of carbonyl (C=O) groups excluding carboxylic acids is 4. The molecule has 0 radical (unpaired) electrons. The van der Waals surface area contributed by atoms with Gasteiger partial charge >= 0.3 is 6.09 Å². The van der Waals surface area contributed by atoms with E-state index in [1.165, 1.54) is 23.1 Å². The fraction of sp³-hybridized carbons (Fsp3) is 0.186. The lowest BCUT2D eigenvalue weighted by Gasteiger charge is -2.29. The van der Waals surface area contributed by atoms with Crippen LogP contribution in [0.2, 0.25) is 0 Å². The van der Waals surface area contributed by atoms with Crippen molar-refractivity contribution < 1.29 is 23.9 Å². The number of nitrogens with zero attached hydrogens (tertiary/aromatic N) is 2. The number of thiophene rings is 1. The zero-order valence-corrected chi connectivity index (χ0v) is 34.0. The van der Waals surface area contributed by atoms with Gasteiger partial charge in [0.2, 0.25) is 5.91 Å². The van der Waals surface area contributed by atoms with Crippen LogP contribution in [0, 0.1) is 11.3 Å². The molecule has 0 spiro atoms. The van der Waals surface area contributed by atoms with Crippen molar-refractivity contribution in [3.8, 4) is 6.07 Å². The van der Waals surface area contributed by atoms with E-state index < -0.39 is 28.8 Å². The zero-order chi connectivity index (χ0) is 39.8. The Morgan fingerprint density at radius 2 is 1.64 bits per heavy atom. The fourth-order valence-corrected chi connectivity index (χ4v) is 8.57. The molecule has 284 valence electrons. The number of amides is 4. The van der Waals surface area contributed by atoms with Gasteiger partial charge in [0.1, 0.15) is 27.6 Å². The Bertz CT molecular complexity index is 2330. The second-order valence-corrected chi connectivity index (χ2v) is 17.0. The predicted octanol–water partition coefficient (Wildman–Crippen LogP) is 9.56. The summed E-state index contributed by atoms with van der Waals surface area (Å²) in [4.78, 5) is 57.0. The Hall–Kier alpha value is -5.68. The molecular formula is C43H38BrN5O5S2. The van der Waals surface area contributed by atoms with E-state index in [2.05, 4.69) is 37.9 Å². The quantitative estimate of drug-likeness (QED) is 0.0940. The lowest BCUT2D eigenvalue weighted by Crippen LogP contribution is -2.39. The summed E-state index contributed by atoms with van der Waals surface area (Å²) in [5.41, 5.74) is 2.92. The van der Waals surface area contributed by atoms with Crippen LogP contribution in [0.4, 0.5) is 15.5 Å². The van der Waals surface area contributed by atoms with Crippen molar-refractivity contribution in [2.45, 2.75) is 49.5 Å². The molecule has 1 atom stereocenters. The van der Waals surface area contributed by atoms with Gasteiger partial charge in [0, 0.05) is 32.0 Å². The second kappa shape index (κ2) is 17.8. The van der Waals surface area contributed by atoms with E-state index in [0.29, 0.717) is 45.2 Å². The molecule has 4 amide bonds.